The van der Waals surface area contributed by atoms with Gasteiger partial charge >= 0.3 is 0 Å². The van der Waals surface area contributed by atoms with Gasteiger partial charge in [-0.25, -0.2) is 0 Å². The minimum atomic E-state index is -2.02. The van der Waals surface area contributed by atoms with Crippen molar-refractivity contribution in [1.82, 2.24) is 0 Å². The van der Waals surface area contributed by atoms with Crippen molar-refractivity contribution in [3.05, 3.63) is 64.1 Å². The lowest BCUT2D eigenvalue weighted by Crippen LogP contribution is -2.41. The van der Waals surface area contributed by atoms with Crippen molar-refractivity contribution < 1.29 is 14.6 Å². The third-order valence-corrected chi connectivity index (χ3v) is 3.19. The van der Waals surface area contributed by atoms with Gasteiger partial charge in [0.25, 0.3) is 5.79 Å². The summed E-state index contributed by atoms with van der Waals surface area (Å²) in [5, 5.41) is 10.9. The van der Waals surface area contributed by atoms with Crippen LogP contribution in [0.25, 0.3) is 0 Å². The summed E-state index contributed by atoms with van der Waals surface area (Å²) in [6, 6.07) is 12.9. The molecule has 20 heavy (non-hydrogen) atoms. The molecule has 2 rings (SSSR count). The van der Waals surface area contributed by atoms with Gasteiger partial charge in [0.15, 0.2) is 0 Å². The predicted octanol–water partition coefficient (Wildman–Crippen LogP) is 3.96. The molecule has 1 atom stereocenters. The van der Waals surface area contributed by atoms with E-state index in [0.29, 0.717) is 10.6 Å². The molecule has 0 radical (unpaired) electrons. The third kappa shape index (κ3) is 3.31. The Hall–Kier alpha value is -1.55. The first-order valence-corrected chi connectivity index (χ1v) is 6.62. The van der Waals surface area contributed by atoms with Crippen LogP contribution in [0, 0.1) is 0 Å². The molecule has 0 aliphatic rings. The molecular weight excluding hydrogens is 299 g/mol. The van der Waals surface area contributed by atoms with Gasteiger partial charge in [0.2, 0.25) is 5.78 Å². The Kier molecular flexibility index (Phi) is 4.33. The van der Waals surface area contributed by atoms with Gasteiger partial charge in [0.1, 0.15) is 5.75 Å². The normalized spacial score (nSPS) is 13.6. The first kappa shape index (κ1) is 14.9. The van der Waals surface area contributed by atoms with Crippen molar-refractivity contribution >= 4 is 29.0 Å². The number of carbonyl (C=O) groups is 1. The Morgan fingerprint density at radius 2 is 1.80 bits per heavy atom. The molecule has 0 saturated heterocycles. The molecule has 0 heterocycles. The standard InChI is InChI=1S/C15H12Cl2O3/c1-15(19,14(18)10-5-3-2-4-6-10)20-13-8-7-11(16)9-12(13)17/h2-9,19H,1H3. The summed E-state index contributed by atoms with van der Waals surface area (Å²) in [6.45, 7) is 1.27. The van der Waals surface area contributed by atoms with Gasteiger partial charge in [0.05, 0.1) is 5.02 Å². The summed E-state index contributed by atoms with van der Waals surface area (Å²) in [7, 11) is 0. The van der Waals surface area contributed by atoms with Crippen LogP contribution >= 0.6 is 23.2 Å². The Balaban J connectivity index is 2.25. The number of hydrogen-bond donors (Lipinski definition) is 1. The highest BCUT2D eigenvalue weighted by molar-refractivity contribution is 6.35. The molecule has 0 aliphatic carbocycles. The van der Waals surface area contributed by atoms with Crippen LogP contribution in [0.3, 0.4) is 0 Å². The summed E-state index contributed by atoms with van der Waals surface area (Å²) < 4.78 is 5.32. The second-order valence-electron chi connectivity index (χ2n) is 4.35. The van der Waals surface area contributed by atoms with Gasteiger partial charge in [-0.1, -0.05) is 53.5 Å². The van der Waals surface area contributed by atoms with Crippen LogP contribution in [0.15, 0.2) is 48.5 Å². The molecule has 0 saturated carbocycles. The van der Waals surface area contributed by atoms with E-state index in [1.165, 1.54) is 19.1 Å². The molecule has 0 aliphatic heterocycles. The molecule has 0 spiro atoms. The van der Waals surface area contributed by atoms with Crippen LogP contribution < -0.4 is 4.74 Å². The van der Waals surface area contributed by atoms with E-state index in [2.05, 4.69) is 0 Å². The molecule has 0 fully saturated rings. The van der Waals surface area contributed by atoms with E-state index >= 15 is 0 Å². The lowest BCUT2D eigenvalue weighted by molar-refractivity contribution is -0.0855. The molecule has 0 bridgehead atoms. The summed E-state index contributed by atoms with van der Waals surface area (Å²) in [4.78, 5) is 12.2. The van der Waals surface area contributed by atoms with E-state index in [1.807, 2.05) is 0 Å². The maximum atomic E-state index is 12.2. The lowest BCUT2D eigenvalue weighted by Gasteiger charge is -2.24. The Morgan fingerprint density at radius 1 is 1.15 bits per heavy atom. The largest absolute Gasteiger partial charge is 0.453 e. The van der Waals surface area contributed by atoms with Gasteiger partial charge < -0.3 is 9.84 Å². The SMILES string of the molecule is CC(O)(Oc1ccc(Cl)cc1Cl)C(=O)c1ccccc1. The highest BCUT2D eigenvalue weighted by Gasteiger charge is 2.34. The third-order valence-electron chi connectivity index (χ3n) is 2.66. The predicted molar refractivity (Wildman–Crippen MR) is 78.5 cm³/mol. The summed E-state index contributed by atoms with van der Waals surface area (Å²) in [6.07, 6.45) is 0. The number of hydrogen-bond acceptors (Lipinski definition) is 3. The zero-order chi connectivity index (χ0) is 14.8. The van der Waals surface area contributed by atoms with Crippen LogP contribution in [0.1, 0.15) is 17.3 Å². The van der Waals surface area contributed by atoms with Crippen LogP contribution in [0.5, 0.6) is 5.75 Å². The fourth-order valence-electron chi connectivity index (χ4n) is 1.68. The number of ether oxygens (including phenoxy) is 1. The monoisotopic (exact) mass is 310 g/mol. The van der Waals surface area contributed by atoms with Gasteiger partial charge in [-0.05, 0) is 18.2 Å². The van der Waals surface area contributed by atoms with Crippen molar-refractivity contribution in [3.8, 4) is 5.75 Å². The maximum Gasteiger partial charge on any atom is 0.269 e. The molecule has 3 nitrogen and oxygen atoms in total. The molecular formula is C15H12Cl2O3. The minimum absolute atomic E-state index is 0.186. The molecule has 5 heteroatoms. The van der Waals surface area contributed by atoms with E-state index in [9.17, 15) is 9.90 Å². The van der Waals surface area contributed by atoms with Crippen molar-refractivity contribution in [2.75, 3.05) is 0 Å². The van der Waals surface area contributed by atoms with Gasteiger partial charge in [-0.15, -0.1) is 0 Å². The number of Topliss-reactive ketones (excluding diaryl/α,β-unsaturated/α-hetero) is 1. The number of ketones is 1. The maximum absolute atomic E-state index is 12.2. The van der Waals surface area contributed by atoms with Crippen molar-refractivity contribution in [1.29, 1.82) is 0 Å². The topological polar surface area (TPSA) is 46.5 Å². The van der Waals surface area contributed by atoms with Crippen LogP contribution in [0.4, 0.5) is 0 Å². The van der Waals surface area contributed by atoms with Crippen LogP contribution in [0.2, 0.25) is 10.0 Å². The van der Waals surface area contributed by atoms with Crippen molar-refractivity contribution in [2.45, 2.75) is 12.7 Å². The zero-order valence-corrected chi connectivity index (χ0v) is 12.2. The molecule has 1 unspecified atom stereocenters. The average molecular weight is 311 g/mol. The molecule has 2 aromatic carbocycles. The molecule has 0 aromatic heterocycles. The number of rotatable bonds is 4. The van der Waals surface area contributed by atoms with Crippen LogP contribution in [-0.2, 0) is 0 Å². The summed E-state index contributed by atoms with van der Waals surface area (Å²) >= 11 is 11.7. The Morgan fingerprint density at radius 3 is 2.40 bits per heavy atom. The average Bonchev–Trinajstić information content (AvgIpc) is 2.42. The van der Waals surface area contributed by atoms with E-state index in [4.69, 9.17) is 27.9 Å². The van der Waals surface area contributed by atoms with E-state index < -0.39 is 11.6 Å². The van der Waals surface area contributed by atoms with Crippen molar-refractivity contribution in [3.63, 3.8) is 0 Å². The summed E-state index contributed by atoms with van der Waals surface area (Å²) in [5.74, 6) is -2.38. The molecule has 104 valence electrons. The van der Waals surface area contributed by atoms with E-state index in [0.717, 1.165) is 0 Å². The molecule has 2 aromatic rings. The van der Waals surface area contributed by atoms with Gasteiger partial charge in [0, 0.05) is 17.5 Å². The van der Waals surface area contributed by atoms with E-state index in [1.54, 1.807) is 36.4 Å². The highest BCUT2D eigenvalue weighted by Crippen LogP contribution is 2.30. The highest BCUT2D eigenvalue weighted by atomic mass is 35.5. The number of benzene rings is 2. The number of halogens is 2. The summed E-state index contributed by atoms with van der Waals surface area (Å²) in [5.41, 5.74) is 0.350. The quantitative estimate of drug-likeness (QED) is 0.686. The van der Waals surface area contributed by atoms with E-state index in [-0.39, 0.29) is 10.8 Å². The second-order valence-corrected chi connectivity index (χ2v) is 5.20. The number of carbonyl (C=O) groups excluding carboxylic acids is 1. The minimum Gasteiger partial charge on any atom is -0.453 e. The lowest BCUT2D eigenvalue weighted by atomic mass is 10.0. The Bertz CT molecular complexity index is 624. The first-order valence-electron chi connectivity index (χ1n) is 5.86. The first-order chi connectivity index (χ1) is 9.40. The fraction of sp³-hybridized carbons (Fsp3) is 0.133. The smallest absolute Gasteiger partial charge is 0.269 e. The zero-order valence-electron chi connectivity index (χ0n) is 10.6. The molecule has 1 N–H and O–H groups in total. The van der Waals surface area contributed by atoms with Crippen LogP contribution in [-0.4, -0.2) is 16.7 Å². The van der Waals surface area contributed by atoms with Crippen molar-refractivity contribution in [2.24, 2.45) is 0 Å². The van der Waals surface area contributed by atoms with Gasteiger partial charge in [-0.2, -0.15) is 0 Å². The van der Waals surface area contributed by atoms with Gasteiger partial charge in [-0.3, -0.25) is 4.79 Å². The molecule has 0 amide bonds. The number of aliphatic hydroxyl groups is 1. The Labute approximate surface area is 126 Å². The second kappa shape index (κ2) is 5.83. The fourth-order valence-corrected chi connectivity index (χ4v) is 2.12.